The number of anilines is 3. The molecule has 0 atom stereocenters. The largest absolute Gasteiger partial charge is 0.465 e. The zero-order valence-corrected chi connectivity index (χ0v) is 16.5. The highest BCUT2D eigenvalue weighted by Gasteiger charge is 2.15. The van der Waals surface area contributed by atoms with E-state index in [1.54, 1.807) is 30.3 Å². The van der Waals surface area contributed by atoms with Gasteiger partial charge in [-0.2, -0.15) is 0 Å². The van der Waals surface area contributed by atoms with Crippen LogP contribution in [-0.4, -0.2) is 35.5 Å². The van der Waals surface area contributed by atoms with E-state index < -0.39 is 11.9 Å². The van der Waals surface area contributed by atoms with Crippen LogP contribution in [0.25, 0.3) is 0 Å². The van der Waals surface area contributed by atoms with Gasteiger partial charge in [0.15, 0.2) is 0 Å². The first kappa shape index (κ1) is 20.0. The number of hydrogen-bond donors (Lipinski definition) is 1. The van der Waals surface area contributed by atoms with Crippen LogP contribution in [0, 0.1) is 6.92 Å². The molecule has 0 aliphatic heterocycles. The second-order valence-electron chi connectivity index (χ2n) is 6.37. The monoisotopic (exact) mass is 390 g/mol. The molecule has 29 heavy (non-hydrogen) atoms. The number of hydrogen-bond acceptors (Lipinski definition) is 6. The summed E-state index contributed by atoms with van der Waals surface area (Å²) in [5, 5.41) is 2.76. The van der Waals surface area contributed by atoms with Crippen molar-refractivity contribution in [1.29, 1.82) is 0 Å². The van der Waals surface area contributed by atoms with Gasteiger partial charge in [0.25, 0.3) is 5.91 Å². The summed E-state index contributed by atoms with van der Waals surface area (Å²) in [4.78, 5) is 34.8. The molecule has 0 saturated heterocycles. The maximum atomic E-state index is 12.7. The molecule has 1 amide bonds. The molecule has 7 heteroatoms. The lowest BCUT2D eigenvalue weighted by Crippen LogP contribution is -2.20. The minimum atomic E-state index is -0.470. The molecule has 3 aromatic rings. The number of benzene rings is 2. The molecular weight excluding hydrogens is 368 g/mol. The normalized spacial score (nSPS) is 10.3. The standard InChI is InChI=1S/C22H22N4O3/c1-4-26(18-10-5-7-15(2)11-18)20-13-19(23-14-24-20)21(27)25-17-9-6-8-16(12-17)22(28)29-3/h5-14H,4H2,1-3H3,(H,25,27). The van der Waals surface area contributed by atoms with Crippen LogP contribution in [0.2, 0.25) is 0 Å². The Bertz CT molecular complexity index is 1040. The van der Waals surface area contributed by atoms with Gasteiger partial charge in [0, 0.05) is 24.0 Å². The second-order valence-corrected chi connectivity index (χ2v) is 6.37. The maximum absolute atomic E-state index is 12.7. The third kappa shape index (κ3) is 4.76. The average molecular weight is 390 g/mol. The number of aryl methyl sites for hydroxylation is 1. The zero-order chi connectivity index (χ0) is 20.8. The van der Waals surface area contributed by atoms with Crippen LogP contribution in [0.15, 0.2) is 60.9 Å². The van der Waals surface area contributed by atoms with Gasteiger partial charge in [-0.05, 0) is 49.7 Å². The molecule has 1 heterocycles. The molecule has 0 saturated carbocycles. The highest BCUT2D eigenvalue weighted by Crippen LogP contribution is 2.24. The Hall–Kier alpha value is -3.74. The van der Waals surface area contributed by atoms with E-state index >= 15 is 0 Å². The third-order valence-electron chi connectivity index (χ3n) is 4.33. The number of rotatable bonds is 6. The van der Waals surface area contributed by atoms with Gasteiger partial charge in [0.05, 0.1) is 12.7 Å². The Morgan fingerprint density at radius 3 is 2.59 bits per heavy atom. The Labute approximate surface area is 169 Å². The van der Waals surface area contributed by atoms with Crippen LogP contribution in [-0.2, 0) is 4.74 Å². The first-order chi connectivity index (χ1) is 14.0. The van der Waals surface area contributed by atoms with Gasteiger partial charge in [-0.3, -0.25) is 4.79 Å². The van der Waals surface area contributed by atoms with Crippen molar-refractivity contribution in [1.82, 2.24) is 9.97 Å². The number of carbonyl (C=O) groups is 2. The Morgan fingerprint density at radius 1 is 1.07 bits per heavy atom. The van der Waals surface area contributed by atoms with E-state index in [1.807, 2.05) is 36.9 Å². The fourth-order valence-corrected chi connectivity index (χ4v) is 2.93. The van der Waals surface area contributed by atoms with Gasteiger partial charge in [-0.25, -0.2) is 14.8 Å². The summed E-state index contributed by atoms with van der Waals surface area (Å²) in [6, 6.07) is 16.2. The summed E-state index contributed by atoms with van der Waals surface area (Å²) in [6.07, 6.45) is 1.37. The maximum Gasteiger partial charge on any atom is 0.337 e. The highest BCUT2D eigenvalue weighted by molar-refractivity contribution is 6.04. The summed E-state index contributed by atoms with van der Waals surface area (Å²) in [5.74, 6) is -0.236. The minimum absolute atomic E-state index is 0.226. The van der Waals surface area contributed by atoms with Crippen LogP contribution in [0.3, 0.4) is 0 Å². The van der Waals surface area contributed by atoms with Crippen LogP contribution in [0.4, 0.5) is 17.2 Å². The molecule has 0 aliphatic carbocycles. The van der Waals surface area contributed by atoms with Crippen molar-refractivity contribution in [2.24, 2.45) is 0 Å². The highest BCUT2D eigenvalue weighted by atomic mass is 16.5. The quantitative estimate of drug-likeness (QED) is 0.641. The van der Waals surface area contributed by atoms with Crippen LogP contribution >= 0.6 is 0 Å². The second kappa shape index (κ2) is 8.97. The fraction of sp³-hybridized carbons (Fsp3) is 0.182. The van der Waals surface area contributed by atoms with E-state index in [4.69, 9.17) is 4.74 Å². The van der Waals surface area contributed by atoms with E-state index in [9.17, 15) is 9.59 Å². The van der Waals surface area contributed by atoms with E-state index in [0.29, 0.717) is 23.6 Å². The van der Waals surface area contributed by atoms with Gasteiger partial charge >= 0.3 is 5.97 Å². The predicted molar refractivity (Wildman–Crippen MR) is 112 cm³/mol. The first-order valence-corrected chi connectivity index (χ1v) is 9.17. The molecule has 0 unspecified atom stereocenters. The summed E-state index contributed by atoms with van der Waals surface area (Å²) in [6.45, 7) is 4.73. The molecule has 0 radical (unpaired) electrons. The van der Waals surface area contributed by atoms with E-state index in [-0.39, 0.29) is 5.69 Å². The van der Waals surface area contributed by atoms with Crippen molar-refractivity contribution >= 4 is 29.1 Å². The van der Waals surface area contributed by atoms with Gasteiger partial charge < -0.3 is 15.0 Å². The lowest BCUT2D eigenvalue weighted by atomic mass is 10.2. The summed E-state index contributed by atoms with van der Waals surface area (Å²) >= 11 is 0. The molecular formula is C22H22N4O3. The van der Waals surface area contributed by atoms with Crippen LogP contribution < -0.4 is 10.2 Å². The van der Waals surface area contributed by atoms with Crippen LogP contribution in [0.5, 0.6) is 0 Å². The number of aromatic nitrogens is 2. The number of methoxy groups -OCH3 is 1. The van der Waals surface area contributed by atoms with Crippen molar-refractivity contribution in [3.8, 4) is 0 Å². The number of ether oxygens (including phenoxy) is 1. The molecule has 3 rings (SSSR count). The molecule has 1 aromatic heterocycles. The number of carbonyl (C=O) groups excluding carboxylic acids is 2. The molecule has 2 aromatic carbocycles. The molecule has 0 spiro atoms. The average Bonchev–Trinajstić information content (AvgIpc) is 2.74. The Morgan fingerprint density at radius 2 is 1.86 bits per heavy atom. The Balaban J connectivity index is 1.83. The van der Waals surface area contributed by atoms with Crippen molar-refractivity contribution in [3.05, 3.63) is 77.7 Å². The van der Waals surface area contributed by atoms with E-state index in [0.717, 1.165) is 11.3 Å². The lowest BCUT2D eigenvalue weighted by molar-refractivity contribution is 0.0600. The van der Waals surface area contributed by atoms with Crippen molar-refractivity contribution in [3.63, 3.8) is 0 Å². The van der Waals surface area contributed by atoms with E-state index in [1.165, 1.54) is 13.4 Å². The van der Waals surface area contributed by atoms with Crippen molar-refractivity contribution in [2.45, 2.75) is 13.8 Å². The first-order valence-electron chi connectivity index (χ1n) is 9.17. The Kier molecular flexibility index (Phi) is 6.19. The van der Waals surface area contributed by atoms with Gasteiger partial charge in [0.1, 0.15) is 17.8 Å². The number of nitrogens with zero attached hydrogens (tertiary/aromatic N) is 3. The molecule has 0 fully saturated rings. The molecule has 7 nitrogen and oxygen atoms in total. The molecule has 148 valence electrons. The summed E-state index contributed by atoms with van der Waals surface area (Å²) in [5.41, 5.74) is 3.18. The van der Waals surface area contributed by atoms with Gasteiger partial charge in [0.2, 0.25) is 0 Å². The van der Waals surface area contributed by atoms with Gasteiger partial charge in [-0.1, -0.05) is 18.2 Å². The lowest BCUT2D eigenvalue weighted by Gasteiger charge is -2.22. The topological polar surface area (TPSA) is 84.4 Å². The van der Waals surface area contributed by atoms with Gasteiger partial charge in [-0.15, -0.1) is 0 Å². The fourth-order valence-electron chi connectivity index (χ4n) is 2.93. The zero-order valence-electron chi connectivity index (χ0n) is 16.5. The number of nitrogens with one attached hydrogen (secondary N) is 1. The SMILES string of the molecule is CCN(c1cccc(C)c1)c1cc(C(=O)Nc2cccc(C(=O)OC)c2)ncn1. The molecule has 1 N–H and O–H groups in total. The molecule has 0 bridgehead atoms. The number of amides is 1. The predicted octanol–water partition coefficient (Wildman–Crippen LogP) is 3.98. The van der Waals surface area contributed by atoms with E-state index in [2.05, 4.69) is 21.4 Å². The number of esters is 1. The molecule has 0 aliphatic rings. The minimum Gasteiger partial charge on any atom is -0.465 e. The van der Waals surface area contributed by atoms with Crippen molar-refractivity contribution in [2.75, 3.05) is 23.9 Å². The van der Waals surface area contributed by atoms with Crippen LogP contribution in [0.1, 0.15) is 33.3 Å². The summed E-state index contributed by atoms with van der Waals surface area (Å²) < 4.78 is 4.71. The summed E-state index contributed by atoms with van der Waals surface area (Å²) in [7, 11) is 1.31. The smallest absolute Gasteiger partial charge is 0.337 e. The third-order valence-corrected chi connectivity index (χ3v) is 4.33. The van der Waals surface area contributed by atoms with Crippen molar-refractivity contribution < 1.29 is 14.3 Å².